The van der Waals surface area contributed by atoms with Crippen LogP contribution in [-0.4, -0.2) is 48.0 Å². The molecule has 0 bridgehead atoms. The predicted octanol–water partition coefficient (Wildman–Crippen LogP) is 3.26. The molecule has 1 fully saturated rings. The lowest BCUT2D eigenvalue weighted by Gasteiger charge is -2.26. The van der Waals surface area contributed by atoms with Gasteiger partial charge in [0, 0.05) is 44.8 Å². The molecule has 1 aromatic heterocycles. The van der Waals surface area contributed by atoms with Gasteiger partial charge in [-0.25, -0.2) is 0 Å². The summed E-state index contributed by atoms with van der Waals surface area (Å²) in [5.41, 5.74) is 2.12. The van der Waals surface area contributed by atoms with Gasteiger partial charge in [0.15, 0.2) is 5.78 Å². The average Bonchev–Trinajstić information content (AvgIpc) is 3.27. The lowest BCUT2D eigenvalue weighted by atomic mass is 9.85. The van der Waals surface area contributed by atoms with Gasteiger partial charge in [0.1, 0.15) is 0 Å². The monoisotopic (exact) mass is 481 g/mol. The molecule has 180 valence electrons. The van der Waals surface area contributed by atoms with E-state index in [1.807, 2.05) is 35.7 Å². The van der Waals surface area contributed by atoms with Crippen LogP contribution >= 0.6 is 11.3 Å². The molecule has 1 atom stereocenters. The van der Waals surface area contributed by atoms with E-state index >= 15 is 0 Å². The van der Waals surface area contributed by atoms with Gasteiger partial charge in [-0.2, -0.15) is 0 Å². The van der Waals surface area contributed by atoms with E-state index < -0.39 is 0 Å². The van der Waals surface area contributed by atoms with Crippen molar-refractivity contribution in [2.24, 2.45) is 5.92 Å². The summed E-state index contributed by atoms with van der Waals surface area (Å²) in [5, 5.41) is 7.78. The minimum Gasteiger partial charge on any atom is -0.355 e. The first-order chi connectivity index (χ1) is 16.5. The van der Waals surface area contributed by atoms with E-state index in [1.54, 1.807) is 11.0 Å². The van der Waals surface area contributed by atoms with Crippen molar-refractivity contribution in [1.82, 2.24) is 15.5 Å². The molecule has 0 saturated heterocycles. The zero-order valence-corrected chi connectivity index (χ0v) is 20.1. The van der Waals surface area contributed by atoms with Crippen molar-refractivity contribution in [2.45, 2.75) is 51.0 Å². The number of fused-ring (bicyclic) bond motifs is 1. The molecule has 1 aromatic carbocycles. The number of thiophene rings is 1. The average molecular weight is 482 g/mol. The Bertz CT molecular complexity index is 1030. The highest BCUT2D eigenvalue weighted by Crippen LogP contribution is 2.26. The van der Waals surface area contributed by atoms with Gasteiger partial charge in [-0.05, 0) is 41.8 Å². The van der Waals surface area contributed by atoms with E-state index in [9.17, 15) is 19.2 Å². The normalized spacial score (nSPS) is 17.8. The van der Waals surface area contributed by atoms with Gasteiger partial charge in [-0.3, -0.25) is 19.2 Å². The summed E-state index contributed by atoms with van der Waals surface area (Å²) in [6, 6.07) is 11.2. The van der Waals surface area contributed by atoms with Gasteiger partial charge in [0.05, 0.1) is 10.9 Å². The van der Waals surface area contributed by atoms with Crippen molar-refractivity contribution in [2.75, 3.05) is 19.6 Å². The molecule has 0 radical (unpaired) electrons. The molecular weight excluding hydrogens is 450 g/mol. The second-order valence-corrected chi connectivity index (χ2v) is 9.93. The number of carbonyl (C=O) groups excluding carboxylic acids is 4. The molecule has 2 aromatic rings. The van der Waals surface area contributed by atoms with Gasteiger partial charge in [-0.1, -0.05) is 36.8 Å². The number of rotatable bonds is 9. The molecule has 7 nitrogen and oxygen atoms in total. The number of benzene rings is 1. The first kappa shape index (κ1) is 24.1. The maximum atomic E-state index is 13.0. The van der Waals surface area contributed by atoms with E-state index in [0.717, 1.165) is 30.4 Å². The summed E-state index contributed by atoms with van der Waals surface area (Å²) in [5.74, 6) is -0.119. The number of amides is 3. The SMILES string of the molecule is O=C(CCNC(=O)C1CCC1)NC1CN(C(=O)CCC(=O)c2cccs2)CCc2ccccc21. The molecular formula is C26H31N3O4S. The minimum atomic E-state index is -0.328. The van der Waals surface area contributed by atoms with Crippen LogP contribution < -0.4 is 10.6 Å². The summed E-state index contributed by atoms with van der Waals surface area (Å²) in [6.45, 7) is 1.22. The Balaban J connectivity index is 1.34. The Labute approximate surface area is 203 Å². The smallest absolute Gasteiger partial charge is 0.223 e. The lowest BCUT2D eigenvalue weighted by molar-refractivity contribution is -0.132. The summed E-state index contributed by atoms with van der Waals surface area (Å²) in [4.78, 5) is 52.4. The topological polar surface area (TPSA) is 95.6 Å². The van der Waals surface area contributed by atoms with Crippen LogP contribution in [0.3, 0.4) is 0 Å². The lowest BCUT2D eigenvalue weighted by Crippen LogP contribution is -2.41. The van der Waals surface area contributed by atoms with Crippen LogP contribution in [0.1, 0.15) is 65.4 Å². The number of Topliss-reactive ketones (excluding diaryl/α,β-unsaturated/α-hetero) is 1. The molecule has 0 spiro atoms. The highest BCUT2D eigenvalue weighted by molar-refractivity contribution is 7.12. The highest BCUT2D eigenvalue weighted by atomic mass is 32.1. The second-order valence-electron chi connectivity index (χ2n) is 8.98. The third-order valence-electron chi connectivity index (χ3n) is 6.66. The molecule has 2 heterocycles. The van der Waals surface area contributed by atoms with Crippen molar-refractivity contribution < 1.29 is 19.2 Å². The zero-order valence-electron chi connectivity index (χ0n) is 19.3. The number of hydrogen-bond donors (Lipinski definition) is 2. The van der Waals surface area contributed by atoms with E-state index in [1.165, 1.54) is 11.3 Å². The maximum absolute atomic E-state index is 13.0. The molecule has 1 aliphatic carbocycles. The minimum absolute atomic E-state index is 0.0183. The number of nitrogens with zero attached hydrogens (tertiary/aromatic N) is 1. The number of nitrogens with one attached hydrogen (secondary N) is 2. The zero-order chi connectivity index (χ0) is 23.9. The van der Waals surface area contributed by atoms with Gasteiger partial charge in [0.25, 0.3) is 0 Å². The summed E-state index contributed by atoms with van der Waals surface area (Å²) in [7, 11) is 0. The van der Waals surface area contributed by atoms with Gasteiger partial charge < -0.3 is 15.5 Å². The van der Waals surface area contributed by atoms with Crippen LogP contribution in [0, 0.1) is 5.92 Å². The Morgan fingerprint density at radius 3 is 2.56 bits per heavy atom. The van der Waals surface area contributed by atoms with Crippen LogP contribution in [0.25, 0.3) is 0 Å². The maximum Gasteiger partial charge on any atom is 0.223 e. The first-order valence-corrected chi connectivity index (χ1v) is 12.9. The number of ketones is 1. The Morgan fingerprint density at radius 1 is 1.00 bits per heavy atom. The van der Waals surface area contributed by atoms with Gasteiger partial charge in [0.2, 0.25) is 17.7 Å². The van der Waals surface area contributed by atoms with Gasteiger partial charge >= 0.3 is 0 Å². The van der Waals surface area contributed by atoms with Crippen LogP contribution in [0.4, 0.5) is 0 Å². The summed E-state index contributed by atoms with van der Waals surface area (Å²) in [6.07, 6.45) is 4.18. The van der Waals surface area contributed by atoms with Crippen LogP contribution in [0.5, 0.6) is 0 Å². The highest BCUT2D eigenvalue weighted by Gasteiger charge is 2.28. The van der Waals surface area contributed by atoms with Crippen molar-refractivity contribution >= 4 is 34.8 Å². The summed E-state index contributed by atoms with van der Waals surface area (Å²) < 4.78 is 0. The molecule has 2 aliphatic rings. The Hall–Kier alpha value is -3.00. The largest absolute Gasteiger partial charge is 0.355 e. The van der Waals surface area contributed by atoms with Crippen molar-refractivity contribution in [3.63, 3.8) is 0 Å². The molecule has 4 rings (SSSR count). The molecule has 1 aliphatic heterocycles. The quantitative estimate of drug-likeness (QED) is 0.538. The fourth-order valence-corrected chi connectivity index (χ4v) is 5.13. The molecule has 1 unspecified atom stereocenters. The molecule has 2 N–H and O–H groups in total. The number of hydrogen-bond acceptors (Lipinski definition) is 5. The van der Waals surface area contributed by atoms with Crippen LogP contribution in [0.15, 0.2) is 41.8 Å². The van der Waals surface area contributed by atoms with Gasteiger partial charge in [-0.15, -0.1) is 11.3 Å². The van der Waals surface area contributed by atoms with Crippen molar-refractivity contribution in [3.8, 4) is 0 Å². The molecule has 3 amide bonds. The Morgan fingerprint density at radius 2 is 1.82 bits per heavy atom. The van der Waals surface area contributed by atoms with Crippen LogP contribution in [-0.2, 0) is 20.8 Å². The standard InChI is InChI=1S/C26H31N3O4S/c30-22(23-9-4-16-34-23)10-11-25(32)29-15-13-18-5-1-2-8-20(18)21(17-29)28-24(31)12-14-27-26(33)19-6-3-7-19/h1-2,4-5,8-9,16,19,21H,3,6-7,10-15,17H2,(H,27,33)(H,28,31). The fraction of sp³-hybridized carbons (Fsp3) is 0.462. The van der Waals surface area contributed by atoms with Crippen LogP contribution in [0.2, 0.25) is 0 Å². The molecule has 1 saturated carbocycles. The van der Waals surface area contributed by atoms with E-state index in [2.05, 4.69) is 10.6 Å². The molecule has 34 heavy (non-hydrogen) atoms. The van der Waals surface area contributed by atoms with E-state index in [4.69, 9.17) is 0 Å². The third-order valence-corrected chi connectivity index (χ3v) is 7.57. The Kier molecular flexibility index (Phi) is 8.11. The number of carbonyl (C=O) groups is 4. The summed E-state index contributed by atoms with van der Waals surface area (Å²) >= 11 is 1.39. The van der Waals surface area contributed by atoms with E-state index in [0.29, 0.717) is 30.9 Å². The van der Waals surface area contributed by atoms with Crippen molar-refractivity contribution in [3.05, 3.63) is 57.8 Å². The predicted molar refractivity (Wildman–Crippen MR) is 130 cm³/mol. The molecule has 8 heteroatoms. The van der Waals surface area contributed by atoms with Crippen molar-refractivity contribution in [1.29, 1.82) is 0 Å². The van der Waals surface area contributed by atoms with E-state index in [-0.39, 0.29) is 54.7 Å². The second kappa shape index (κ2) is 11.4. The first-order valence-electron chi connectivity index (χ1n) is 12.0. The fourth-order valence-electron chi connectivity index (χ4n) is 4.44. The third kappa shape index (κ3) is 6.11.